The molecule has 0 aromatic rings. The van der Waals surface area contributed by atoms with Crippen molar-refractivity contribution < 1.29 is 19.7 Å². The van der Waals surface area contributed by atoms with Crippen LogP contribution in [0.4, 0.5) is 0 Å². The minimum atomic E-state index is -0.472. The molecule has 0 spiro atoms. The number of hydrogen-bond acceptors (Lipinski definition) is 5. The molecular formula is C12H25NO4. The molecule has 17 heavy (non-hydrogen) atoms. The number of likely N-dealkylation sites (N-methyl/N-ethyl adjacent to an activating group) is 1. The number of methoxy groups -OCH3 is 1. The maximum absolute atomic E-state index is 9.65. The van der Waals surface area contributed by atoms with E-state index in [0.29, 0.717) is 13.2 Å². The second-order valence-corrected chi connectivity index (χ2v) is 5.08. The molecule has 1 rings (SSSR count). The van der Waals surface area contributed by atoms with Crippen LogP contribution in [0, 0.1) is 5.41 Å². The largest absolute Gasteiger partial charge is 0.396 e. The highest BCUT2D eigenvalue weighted by molar-refractivity contribution is 4.84. The lowest BCUT2D eigenvalue weighted by molar-refractivity contribution is -0.0387. The predicted octanol–water partition coefficient (Wildman–Crippen LogP) is -0.285. The summed E-state index contributed by atoms with van der Waals surface area (Å²) < 4.78 is 10.2. The molecule has 0 aliphatic carbocycles. The first-order valence-electron chi connectivity index (χ1n) is 6.16. The average Bonchev–Trinajstić information content (AvgIpc) is 2.30. The molecule has 0 bridgehead atoms. The van der Waals surface area contributed by atoms with Crippen LogP contribution >= 0.6 is 0 Å². The maximum Gasteiger partial charge on any atom is 0.0899 e. The van der Waals surface area contributed by atoms with Crippen LogP contribution in [0.25, 0.3) is 0 Å². The highest BCUT2D eigenvalue weighted by Crippen LogP contribution is 2.30. The summed E-state index contributed by atoms with van der Waals surface area (Å²) in [5.41, 5.74) is -0.0697. The zero-order chi connectivity index (χ0) is 12.7. The standard InChI is InChI=1S/C12H25NO4/c1-13(7-11(15)8-16-2)9-12(10-14)3-5-17-6-4-12/h11,14-15H,3-10H2,1-2H3. The molecule has 2 N–H and O–H groups in total. The number of aliphatic hydroxyl groups is 2. The van der Waals surface area contributed by atoms with Gasteiger partial charge in [0, 0.05) is 38.8 Å². The fourth-order valence-corrected chi connectivity index (χ4v) is 2.41. The zero-order valence-corrected chi connectivity index (χ0v) is 10.9. The molecule has 0 amide bonds. The lowest BCUT2D eigenvalue weighted by Gasteiger charge is -2.39. The van der Waals surface area contributed by atoms with Crippen molar-refractivity contribution in [3.05, 3.63) is 0 Å². The van der Waals surface area contributed by atoms with Crippen molar-refractivity contribution in [2.75, 3.05) is 53.7 Å². The molecule has 102 valence electrons. The first-order valence-corrected chi connectivity index (χ1v) is 6.16. The molecular weight excluding hydrogens is 222 g/mol. The normalized spacial score (nSPS) is 21.7. The van der Waals surface area contributed by atoms with Gasteiger partial charge >= 0.3 is 0 Å². The van der Waals surface area contributed by atoms with E-state index in [9.17, 15) is 10.2 Å². The Balaban J connectivity index is 2.38. The summed E-state index contributed by atoms with van der Waals surface area (Å²) in [5.74, 6) is 0. The molecule has 5 heteroatoms. The molecule has 1 fully saturated rings. The van der Waals surface area contributed by atoms with E-state index < -0.39 is 6.10 Å². The minimum Gasteiger partial charge on any atom is -0.396 e. The van der Waals surface area contributed by atoms with Crippen LogP contribution in [0.5, 0.6) is 0 Å². The van der Waals surface area contributed by atoms with Crippen molar-refractivity contribution in [1.29, 1.82) is 0 Å². The number of hydrogen-bond donors (Lipinski definition) is 2. The van der Waals surface area contributed by atoms with E-state index in [2.05, 4.69) is 4.90 Å². The molecule has 0 aromatic carbocycles. The van der Waals surface area contributed by atoms with Crippen LogP contribution in [0.3, 0.4) is 0 Å². The van der Waals surface area contributed by atoms with E-state index in [1.807, 2.05) is 7.05 Å². The van der Waals surface area contributed by atoms with Gasteiger partial charge in [-0.1, -0.05) is 0 Å². The smallest absolute Gasteiger partial charge is 0.0899 e. The first-order chi connectivity index (χ1) is 8.12. The van der Waals surface area contributed by atoms with Crippen LogP contribution in [0.15, 0.2) is 0 Å². The van der Waals surface area contributed by atoms with Gasteiger partial charge in [0.25, 0.3) is 0 Å². The molecule has 0 radical (unpaired) electrons. The summed E-state index contributed by atoms with van der Waals surface area (Å²) in [4.78, 5) is 2.06. The van der Waals surface area contributed by atoms with E-state index in [4.69, 9.17) is 9.47 Å². The van der Waals surface area contributed by atoms with Gasteiger partial charge in [-0.15, -0.1) is 0 Å². The van der Waals surface area contributed by atoms with Crippen LogP contribution < -0.4 is 0 Å². The summed E-state index contributed by atoms with van der Waals surface area (Å²) in [6.45, 7) is 3.31. The van der Waals surface area contributed by atoms with Crippen molar-refractivity contribution >= 4 is 0 Å². The highest BCUT2D eigenvalue weighted by atomic mass is 16.5. The third-order valence-electron chi connectivity index (χ3n) is 3.38. The lowest BCUT2D eigenvalue weighted by Crippen LogP contribution is -2.45. The van der Waals surface area contributed by atoms with Crippen molar-refractivity contribution in [2.24, 2.45) is 5.41 Å². The quantitative estimate of drug-likeness (QED) is 0.647. The fraction of sp³-hybridized carbons (Fsp3) is 1.00. The summed E-state index contributed by atoms with van der Waals surface area (Å²) in [6.07, 6.45) is 1.29. The monoisotopic (exact) mass is 247 g/mol. The third-order valence-corrected chi connectivity index (χ3v) is 3.38. The lowest BCUT2D eigenvalue weighted by atomic mass is 9.80. The molecule has 1 aliphatic heterocycles. The SMILES string of the molecule is COCC(O)CN(C)CC1(CO)CCOCC1. The Bertz CT molecular complexity index is 207. The first kappa shape index (κ1) is 14.9. The van der Waals surface area contributed by atoms with Gasteiger partial charge in [0.2, 0.25) is 0 Å². The molecule has 1 unspecified atom stereocenters. The molecule has 0 aromatic heterocycles. The van der Waals surface area contributed by atoms with Gasteiger partial charge in [-0.25, -0.2) is 0 Å². The van der Waals surface area contributed by atoms with Crippen LogP contribution in [-0.4, -0.2) is 74.9 Å². The van der Waals surface area contributed by atoms with E-state index in [1.165, 1.54) is 0 Å². The van der Waals surface area contributed by atoms with Crippen molar-refractivity contribution in [3.63, 3.8) is 0 Å². The van der Waals surface area contributed by atoms with Gasteiger partial charge in [-0.05, 0) is 19.9 Å². The Morgan fingerprint density at radius 1 is 1.41 bits per heavy atom. The summed E-state index contributed by atoms with van der Waals surface area (Å²) >= 11 is 0. The van der Waals surface area contributed by atoms with Crippen LogP contribution in [-0.2, 0) is 9.47 Å². The van der Waals surface area contributed by atoms with E-state index >= 15 is 0 Å². The van der Waals surface area contributed by atoms with Crippen LogP contribution in [0.2, 0.25) is 0 Å². The summed E-state index contributed by atoms with van der Waals surface area (Å²) in [7, 11) is 3.54. The predicted molar refractivity (Wildman–Crippen MR) is 65.0 cm³/mol. The molecule has 1 atom stereocenters. The molecule has 1 heterocycles. The Morgan fingerprint density at radius 3 is 2.59 bits per heavy atom. The van der Waals surface area contributed by atoms with Gasteiger partial charge in [-0.2, -0.15) is 0 Å². The maximum atomic E-state index is 9.65. The molecule has 5 nitrogen and oxygen atoms in total. The average molecular weight is 247 g/mol. The third kappa shape index (κ3) is 4.89. The number of nitrogens with zero attached hydrogens (tertiary/aromatic N) is 1. The Kier molecular flexibility index (Phi) is 6.37. The molecule has 1 aliphatic rings. The zero-order valence-electron chi connectivity index (χ0n) is 10.9. The Morgan fingerprint density at radius 2 is 2.06 bits per heavy atom. The fourth-order valence-electron chi connectivity index (χ4n) is 2.41. The number of aliphatic hydroxyl groups excluding tert-OH is 2. The van der Waals surface area contributed by atoms with Gasteiger partial charge in [-0.3, -0.25) is 0 Å². The van der Waals surface area contributed by atoms with Gasteiger partial charge in [0.1, 0.15) is 0 Å². The Hall–Kier alpha value is -0.200. The van der Waals surface area contributed by atoms with Crippen LogP contribution in [0.1, 0.15) is 12.8 Å². The van der Waals surface area contributed by atoms with Crippen molar-refractivity contribution in [1.82, 2.24) is 4.90 Å². The van der Waals surface area contributed by atoms with E-state index in [-0.39, 0.29) is 12.0 Å². The van der Waals surface area contributed by atoms with E-state index in [1.54, 1.807) is 7.11 Å². The second kappa shape index (κ2) is 7.28. The summed E-state index contributed by atoms with van der Waals surface area (Å²) in [6, 6.07) is 0. The topological polar surface area (TPSA) is 62.2 Å². The minimum absolute atomic E-state index is 0.0697. The molecule has 0 saturated carbocycles. The number of ether oxygens (including phenoxy) is 2. The Labute approximate surface area is 103 Å². The van der Waals surface area contributed by atoms with E-state index in [0.717, 1.165) is 32.6 Å². The summed E-state index contributed by atoms with van der Waals surface area (Å²) in [5, 5.41) is 19.2. The number of rotatable bonds is 7. The van der Waals surface area contributed by atoms with Crippen molar-refractivity contribution in [2.45, 2.75) is 18.9 Å². The van der Waals surface area contributed by atoms with Crippen molar-refractivity contribution in [3.8, 4) is 0 Å². The van der Waals surface area contributed by atoms with Gasteiger partial charge in [0.15, 0.2) is 0 Å². The van der Waals surface area contributed by atoms with Gasteiger partial charge in [0.05, 0.1) is 19.3 Å². The highest BCUT2D eigenvalue weighted by Gasteiger charge is 2.33. The van der Waals surface area contributed by atoms with Gasteiger partial charge < -0.3 is 24.6 Å². The molecule has 1 saturated heterocycles. The second-order valence-electron chi connectivity index (χ2n) is 5.08.